The van der Waals surface area contributed by atoms with Gasteiger partial charge in [0.05, 0.1) is 25.0 Å². The third-order valence-electron chi connectivity index (χ3n) is 12.7. The first-order valence-electron chi connectivity index (χ1n) is 23.0. The molecule has 4 heterocycles. The Morgan fingerprint density at radius 3 is 1.41 bits per heavy atom. The van der Waals surface area contributed by atoms with Gasteiger partial charge in [0.2, 0.25) is 0 Å². The number of rotatable bonds is 10. The first-order valence-corrected chi connectivity index (χ1v) is 23.0. The summed E-state index contributed by atoms with van der Waals surface area (Å²) in [5, 5.41) is 3.48. The third-order valence-corrected chi connectivity index (χ3v) is 12.7. The largest absolute Gasteiger partial charge is 0.466 e. The molecular formula is C49H76N4O6. The highest BCUT2D eigenvalue weighted by Crippen LogP contribution is 2.40. The molecule has 0 atom stereocenters. The van der Waals surface area contributed by atoms with Crippen LogP contribution in [0.3, 0.4) is 0 Å². The highest BCUT2D eigenvalue weighted by molar-refractivity contribution is 5.74. The number of amides is 1. The third kappa shape index (κ3) is 12.9. The molecular weight excluding hydrogens is 741 g/mol. The Morgan fingerprint density at radius 1 is 0.627 bits per heavy atom. The molecule has 10 nitrogen and oxygen atoms in total. The number of hydrogen-bond acceptors (Lipinski definition) is 9. The lowest BCUT2D eigenvalue weighted by Gasteiger charge is -2.38. The van der Waals surface area contributed by atoms with Crippen molar-refractivity contribution in [2.75, 3.05) is 75.4 Å². The number of anilines is 2. The number of carbonyl (C=O) groups excluding carboxylic acids is 3. The number of carbonyl (C=O) groups is 3. The molecule has 0 aliphatic carbocycles. The van der Waals surface area contributed by atoms with Gasteiger partial charge in [-0.2, -0.15) is 0 Å². The van der Waals surface area contributed by atoms with Crippen LogP contribution in [-0.2, 0) is 23.8 Å². The van der Waals surface area contributed by atoms with Crippen LogP contribution in [0, 0.1) is 11.8 Å². The smallest absolute Gasteiger partial charge is 0.410 e. The van der Waals surface area contributed by atoms with Gasteiger partial charge in [0.15, 0.2) is 0 Å². The van der Waals surface area contributed by atoms with Gasteiger partial charge in [0.1, 0.15) is 5.60 Å². The predicted octanol–water partition coefficient (Wildman–Crippen LogP) is 9.76. The lowest BCUT2D eigenvalue weighted by Crippen LogP contribution is -2.41. The van der Waals surface area contributed by atoms with Gasteiger partial charge in [-0.05, 0) is 157 Å². The van der Waals surface area contributed by atoms with E-state index in [-0.39, 0.29) is 29.9 Å². The molecule has 0 saturated carbocycles. The number of likely N-dealkylation sites (tertiary alicyclic amines) is 1. The van der Waals surface area contributed by atoms with Gasteiger partial charge in [-0.25, -0.2) is 4.79 Å². The van der Waals surface area contributed by atoms with Crippen LogP contribution in [0.2, 0.25) is 0 Å². The molecule has 0 spiro atoms. The van der Waals surface area contributed by atoms with Crippen molar-refractivity contribution in [2.45, 2.75) is 143 Å². The first kappa shape index (κ1) is 46.3. The summed E-state index contributed by atoms with van der Waals surface area (Å²) in [4.78, 5) is 43.5. The zero-order chi connectivity index (χ0) is 42.7. The summed E-state index contributed by atoms with van der Waals surface area (Å²) in [7, 11) is 0. The Morgan fingerprint density at radius 2 is 1.03 bits per heavy atom. The number of piperidine rings is 4. The van der Waals surface area contributed by atoms with E-state index in [1.54, 1.807) is 0 Å². The van der Waals surface area contributed by atoms with E-state index in [0.717, 1.165) is 90.9 Å². The summed E-state index contributed by atoms with van der Waals surface area (Å²) in [5.41, 5.74) is 7.87. The van der Waals surface area contributed by atoms with Crippen LogP contribution in [0.15, 0.2) is 36.4 Å². The van der Waals surface area contributed by atoms with Crippen LogP contribution in [0.5, 0.6) is 0 Å². The number of ether oxygens (including phenoxy) is 3. The quantitative estimate of drug-likeness (QED) is 0.186. The second-order valence-corrected chi connectivity index (χ2v) is 18.7. The summed E-state index contributed by atoms with van der Waals surface area (Å²) in [6.07, 6.45) is 7.56. The van der Waals surface area contributed by atoms with E-state index < -0.39 is 5.60 Å². The van der Waals surface area contributed by atoms with Crippen LogP contribution in [0.4, 0.5) is 16.2 Å². The SMILES string of the molecule is CCOC(=O)C1CCN(c2cc(C(C)C)ccc2C2CCN(C(=O)OC(C)(C)C)CC2)CC1.CCOC(=O)C1CCN(c2cc(C(C)C)ccc2C2CCNCC2)CC1. The molecule has 0 bridgehead atoms. The molecule has 59 heavy (non-hydrogen) atoms. The fourth-order valence-electron chi connectivity index (χ4n) is 9.14. The zero-order valence-electron chi connectivity index (χ0n) is 37.9. The molecule has 328 valence electrons. The predicted molar refractivity (Wildman–Crippen MR) is 239 cm³/mol. The van der Waals surface area contributed by atoms with Gasteiger partial charge in [0, 0.05) is 50.6 Å². The highest BCUT2D eigenvalue weighted by atomic mass is 16.6. The fraction of sp³-hybridized carbons (Fsp3) is 0.694. The van der Waals surface area contributed by atoms with Crippen LogP contribution in [0.25, 0.3) is 0 Å². The Balaban J connectivity index is 0.000000230. The van der Waals surface area contributed by atoms with Crippen molar-refractivity contribution in [3.05, 3.63) is 58.7 Å². The molecule has 0 unspecified atom stereocenters. The van der Waals surface area contributed by atoms with E-state index in [2.05, 4.69) is 79.2 Å². The van der Waals surface area contributed by atoms with Crippen LogP contribution < -0.4 is 15.1 Å². The summed E-state index contributed by atoms with van der Waals surface area (Å²) >= 11 is 0. The minimum Gasteiger partial charge on any atom is -0.466 e. The maximum absolute atomic E-state index is 12.5. The molecule has 10 heteroatoms. The van der Waals surface area contributed by atoms with Crippen molar-refractivity contribution in [1.29, 1.82) is 0 Å². The van der Waals surface area contributed by atoms with Gasteiger partial charge in [0.25, 0.3) is 0 Å². The molecule has 1 N–H and O–H groups in total. The van der Waals surface area contributed by atoms with Crippen LogP contribution >= 0.6 is 0 Å². The Hall–Kier alpha value is -3.79. The number of nitrogens with one attached hydrogen (secondary N) is 1. The molecule has 6 rings (SSSR count). The van der Waals surface area contributed by atoms with Crippen molar-refractivity contribution in [2.24, 2.45) is 11.8 Å². The van der Waals surface area contributed by atoms with Crippen LogP contribution in [-0.4, -0.2) is 94.1 Å². The topological polar surface area (TPSA) is 101 Å². The molecule has 4 saturated heterocycles. The Bertz CT molecular complexity index is 1660. The minimum atomic E-state index is -0.469. The first-order chi connectivity index (χ1) is 28.2. The highest BCUT2D eigenvalue weighted by Gasteiger charge is 2.32. The summed E-state index contributed by atoms with van der Waals surface area (Å²) in [6, 6.07) is 14.0. The van der Waals surface area contributed by atoms with Gasteiger partial charge in [-0.15, -0.1) is 0 Å². The van der Waals surface area contributed by atoms with Gasteiger partial charge in [-0.1, -0.05) is 52.0 Å². The van der Waals surface area contributed by atoms with Gasteiger partial charge >= 0.3 is 18.0 Å². The van der Waals surface area contributed by atoms with Crippen LogP contribution in [0.1, 0.15) is 160 Å². The number of benzene rings is 2. The van der Waals surface area contributed by atoms with Gasteiger partial charge < -0.3 is 34.2 Å². The molecule has 2 aromatic carbocycles. The lowest BCUT2D eigenvalue weighted by molar-refractivity contribution is -0.149. The molecule has 4 aliphatic rings. The van der Waals surface area contributed by atoms with E-state index in [0.29, 0.717) is 36.9 Å². The van der Waals surface area contributed by atoms with E-state index in [9.17, 15) is 14.4 Å². The number of esters is 2. The Kier molecular flexibility index (Phi) is 17.0. The average molecular weight is 817 g/mol. The van der Waals surface area contributed by atoms with Crippen molar-refractivity contribution in [3.8, 4) is 0 Å². The van der Waals surface area contributed by atoms with E-state index in [1.165, 1.54) is 46.5 Å². The molecule has 2 aromatic rings. The molecule has 0 aromatic heterocycles. The average Bonchev–Trinajstić information content (AvgIpc) is 3.23. The maximum atomic E-state index is 12.5. The summed E-state index contributed by atoms with van der Waals surface area (Å²) in [6.45, 7) is 26.7. The second-order valence-electron chi connectivity index (χ2n) is 18.7. The number of nitrogens with zero attached hydrogens (tertiary/aromatic N) is 3. The summed E-state index contributed by atoms with van der Waals surface area (Å²) < 4.78 is 16.0. The van der Waals surface area contributed by atoms with E-state index in [1.807, 2.05) is 39.5 Å². The molecule has 4 fully saturated rings. The summed E-state index contributed by atoms with van der Waals surface area (Å²) in [5.74, 6) is 2.08. The molecule has 4 aliphatic heterocycles. The monoisotopic (exact) mass is 817 g/mol. The Labute approximate surface area is 356 Å². The fourth-order valence-corrected chi connectivity index (χ4v) is 9.14. The van der Waals surface area contributed by atoms with Crippen molar-refractivity contribution in [1.82, 2.24) is 10.2 Å². The minimum absolute atomic E-state index is 0.00926. The molecule has 1 amide bonds. The second kappa shape index (κ2) is 21.6. The maximum Gasteiger partial charge on any atom is 0.410 e. The standard InChI is InChI=1S/C27H42N2O4.C22H34N2O2/c1-7-32-25(30)21-12-14-28(15-13-21)24-18-22(19(2)3)8-9-23(24)20-10-16-29(17-11-20)26(31)33-27(4,5)6;1-4-26-22(25)18-9-13-24(14-10-18)21-15-19(16(2)3)5-6-20(21)17-7-11-23-12-8-17/h8-9,18-21H,7,10-17H2,1-6H3;5-6,15-18,23H,4,7-14H2,1-3H3. The molecule has 0 radical (unpaired) electrons. The van der Waals surface area contributed by atoms with Crippen molar-refractivity contribution in [3.63, 3.8) is 0 Å². The van der Waals surface area contributed by atoms with E-state index in [4.69, 9.17) is 14.2 Å². The van der Waals surface area contributed by atoms with E-state index >= 15 is 0 Å². The lowest BCUT2D eigenvalue weighted by atomic mass is 9.85. The van der Waals surface area contributed by atoms with Crippen molar-refractivity contribution >= 4 is 29.4 Å². The number of hydrogen-bond donors (Lipinski definition) is 1. The normalized spacial score (nSPS) is 19.1. The zero-order valence-corrected chi connectivity index (χ0v) is 37.9. The van der Waals surface area contributed by atoms with Gasteiger partial charge in [-0.3, -0.25) is 9.59 Å². The van der Waals surface area contributed by atoms with Crippen molar-refractivity contribution < 1.29 is 28.6 Å².